The van der Waals surface area contributed by atoms with Gasteiger partial charge in [0.15, 0.2) is 0 Å². The maximum atomic E-state index is 5.59. The van der Waals surface area contributed by atoms with Gasteiger partial charge < -0.3 is 10.1 Å². The standard InChI is InChI=1S/C10H12BrN3/c1-2-9-13-10(11)8-4-3-7(5-12)6-14(8)9/h3-4,6H,2,5,12H2,1H3. The summed E-state index contributed by atoms with van der Waals surface area (Å²) < 4.78 is 2.99. The average molecular weight is 254 g/mol. The first kappa shape index (κ1) is 9.68. The Hall–Kier alpha value is -0.870. The number of hydrogen-bond donors (Lipinski definition) is 1. The van der Waals surface area contributed by atoms with Crippen LogP contribution in [0.4, 0.5) is 0 Å². The Morgan fingerprint density at radius 2 is 2.29 bits per heavy atom. The maximum absolute atomic E-state index is 5.59. The minimum Gasteiger partial charge on any atom is -0.326 e. The van der Waals surface area contributed by atoms with Crippen LogP contribution in [0.5, 0.6) is 0 Å². The number of fused-ring (bicyclic) bond motifs is 1. The molecule has 0 radical (unpaired) electrons. The van der Waals surface area contributed by atoms with Crippen molar-refractivity contribution in [1.82, 2.24) is 9.38 Å². The first-order chi connectivity index (χ1) is 6.76. The lowest BCUT2D eigenvalue weighted by Crippen LogP contribution is -1.99. The Kier molecular flexibility index (Phi) is 2.56. The second kappa shape index (κ2) is 3.71. The Balaban J connectivity index is 2.71. The predicted molar refractivity (Wildman–Crippen MR) is 60.2 cm³/mol. The summed E-state index contributed by atoms with van der Waals surface area (Å²) in [6.45, 7) is 2.66. The lowest BCUT2D eigenvalue weighted by Gasteiger charge is -2.01. The maximum Gasteiger partial charge on any atom is 0.132 e. The summed E-state index contributed by atoms with van der Waals surface area (Å²) in [7, 11) is 0. The molecule has 0 fully saturated rings. The molecule has 14 heavy (non-hydrogen) atoms. The van der Waals surface area contributed by atoms with Crippen molar-refractivity contribution < 1.29 is 0 Å². The monoisotopic (exact) mass is 253 g/mol. The van der Waals surface area contributed by atoms with Crippen LogP contribution in [0.1, 0.15) is 18.3 Å². The molecule has 0 aliphatic rings. The van der Waals surface area contributed by atoms with Crippen LogP contribution < -0.4 is 5.73 Å². The van der Waals surface area contributed by atoms with E-state index in [0.29, 0.717) is 6.54 Å². The van der Waals surface area contributed by atoms with Gasteiger partial charge in [0.2, 0.25) is 0 Å². The molecule has 2 heterocycles. The van der Waals surface area contributed by atoms with Crippen LogP contribution in [-0.2, 0) is 13.0 Å². The normalized spacial score (nSPS) is 11.1. The van der Waals surface area contributed by atoms with Gasteiger partial charge in [-0.25, -0.2) is 4.98 Å². The molecule has 0 unspecified atom stereocenters. The van der Waals surface area contributed by atoms with Crippen molar-refractivity contribution in [3.05, 3.63) is 34.3 Å². The molecule has 3 nitrogen and oxygen atoms in total. The summed E-state index contributed by atoms with van der Waals surface area (Å²) in [5.41, 5.74) is 7.81. The molecule has 0 saturated heterocycles. The number of imidazole rings is 1. The second-order valence-electron chi connectivity index (χ2n) is 3.17. The molecule has 2 aromatic rings. The van der Waals surface area contributed by atoms with E-state index >= 15 is 0 Å². The first-order valence-electron chi connectivity index (χ1n) is 4.61. The topological polar surface area (TPSA) is 43.3 Å². The molecule has 0 spiro atoms. The van der Waals surface area contributed by atoms with E-state index in [1.165, 1.54) is 0 Å². The summed E-state index contributed by atoms with van der Waals surface area (Å²) in [5, 5.41) is 0. The number of pyridine rings is 1. The number of nitrogens with zero attached hydrogens (tertiary/aromatic N) is 2. The van der Waals surface area contributed by atoms with E-state index in [1.807, 2.05) is 18.3 Å². The van der Waals surface area contributed by atoms with Crippen LogP contribution in [0.15, 0.2) is 22.9 Å². The zero-order chi connectivity index (χ0) is 10.1. The van der Waals surface area contributed by atoms with Crippen molar-refractivity contribution in [2.45, 2.75) is 19.9 Å². The average Bonchev–Trinajstić information content (AvgIpc) is 2.55. The van der Waals surface area contributed by atoms with Gasteiger partial charge in [0.05, 0.1) is 5.52 Å². The number of aryl methyl sites for hydroxylation is 1. The van der Waals surface area contributed by atoms with E-state index in [1.54, 1.807) is 0 Å². The summed E-state index contributed by atoms with van der Waals surface area (Å²) >= 11 is 3.44. The zero-order valence-corrected chi connectivity index (χ0v) is 9.58. The minimum absolute atomic E-state index is 0.564. The van der Waals surface area contributed by atoms with Gasteiger partial charge in [-0.15, -0.1) is 0 Å². The van der Waals surface area contributed by atoms with E-state index in [9.17, 15) is 0 Å². The molecule has 0 aliphatic heterocycles. The quantitative estimate of drug-likeness (QED) is 0.891. The van der Waals surface area contributed by atoms with Gasteiger partial charge in [0.25, 0.3) is 0 Å². The van der Waals surface area contributed by atoms with E-state index in [0.717, 1.165) is 27.9 Å². The molecule has 0 amide bonds. The summed E-state index contributed by atoms with van der Waals surface area (Å²) in [4.78, 5) is 4.42. The SMILES string of the molecule is CCc1nc(Br)c2ccc(CN)cn12. The minimum atomic E-state index is 0.564. The smallest absolute Gasteiger partial charge is 0.132 e. The van der Waals surface area contributed by atoms with Gasteiger partial charge in [-0.3, -0.25) is 0 Å². The molecule has 2 N–H and O–H groups in total. The third-order valence-electron chi connectivity index (χ3n) is 2.28. The fourth-order valence-corrected chi connectivity index (χ4v) is 2.05. The summed E-state index contributed by atoms with van der Waals surface area (Å²) in [6, 6.07) is 4.07. The Morgan fingerprint density at radius 1 is 1.50 bits per heavy atom. The summed E-state index contributed by atoms with van der Waals surface area (Å²) in [6.07, 6.45) is 2.96. The number of halogens is 1. The van der Waals surface area contributed by atoms with Gasteiger partial charge in [-0.2, -0.15) is 0 Å². The molecule has 2 rings (SSSR count). The first-order valence-corrected chi connectivity index (χ1v) is 5.41. The molecule has 4 heteroatoms. The van der Waals surface area contributed by atoms with Gasteiger partial charge in [-0.05, 0) is 27.6 Å². The van der Waals surface area contributed by atoms with Crippen LogP contribution in [0.25, 0.3) is 5.52 Å². The van der Waals surface area contributed by atoms with Gasteiger partial charge in [0.1, 0.15) is 10.4 Å². The number of rotatable bonds is 2. The third-order valence-corrected chi connectivity index (χ3v) is 2.86. The molecule has 0 aromatic carbocycles. The van der Waals surface area contributed by atoms with Crippen molar-refractivity contribution in [1.29, 1.82) is 0 Å². The van der Waals surface area contributed by atoms with E-state index in [4.69, 9.17) is 5.73 Å². The number of nitrogens with two attached hydrogens (primary N) is 1. The Bertz CT molecular complexity index is 462. The van der Waals surface area contributed by atoms with E-state index < -0.39 is 0 Å². The highest BCUT2D eigenvalue weighted by atomic mass is 79.9. The van der Waals surface area contributed by atoms with Crippen molar-refractivity contribution >= 4 is 21.4 Å². The van der Waals surface area contributed by atoms with Gasteiger partial charge in [-0.1, -0.05) is 13.0 Å². The molecular formula is C10H12BrN3. The highest BCUT2D eigenvalue weighted by Gasteiger charge is 2.06. The second-order valence-corrected chi connectivity index (χ2v) is 3.92. The number of hydrogen-bond acceptors (Lipinski definition) is 2. The Labute approximate surface area is 91.1 Å². The van der Waals surface area contributed by atoms with Crippen LogP contribution >= 0.6 is 15.9 Å². The lowest BCUT2D eigenvalue weighted by molar-refractivity contribution is 0.916. The van der Waals surface area contributed by atoms with Crippen LogP contribution in [0.3, 0.4) is 0 Å². The fourth-order valence-electron chi connectivity index (χ4n) is 1.52. The highest BCUT2D eigenvalue weighted by Crippen LogP contribution is 2.19. The molecule has 2 aromatic heterocycles. The molecular weight excluding hydrogens is 242 g/mol. The van der Waals surface area contributed by atoms with Crippen molar-refractivity contribution in [3.8, 4) is 0 Å². The molecule has 74 valence electrons. The van der Waals surface area contributed by atoms with E-state index in [-0.39, 0.29) is 0 Å². The van der Waals surface area contributed by atoms with Gasteiger partial charge >= 0.3 is 0 Å². The Morgan fingerprint density at radius 3 is 2.93 bits per heavy atom. The van der Waals surface area contributed by atoms with E-state index in [2.05, 4.69) is 32.2 Å². The predicted octanol–water partition coefficient (Wildman–Crippen LogP) is 2.12. The molecule has 0 saturated carbocycles. The summed E-state index contributed by atoms with van der Waals surface area (Å²) in [5.74, 6) is 1.06. The molecule has 0 aliphatic carbocycles. The van der Waals surface area contributed by atoms with Crippen molar-refractivity contribution in [2.24, 2.45) is 5.73 Å². The van der Waals surface area contributed by atoms with Crippen LogP contribution in [0.2, 0.25) is 0 Å². The van der Waals surface area contributed by atoms with Crippen molar-refractivity contribution in [3.63, 3.8) is 0 Å². The van der Waals surface area contributed by atoms with Crippen LogP contribution in [0, 0.1) is 0 Å². The highest BCUT2D eigenvalue weighted by molar-refractivity contribution is 9.10. The van der Waals surface area contributed by atoms with Crippen molar-refractivity contribution in [2.75, 3.05) is 0 Å². The number of aromatic nitrogens is 2. The third kappa shape index (κ3) is 1.44. The van der Waals surface area contributed by atoms with Gasteiger partial charge in [0, 0.05) is 19.2 Å². The zero-order valence-electron chi connectivity index (χ0n) is 8.00. The lowest BCUT2D eigenvalue weighted by atomic mass is 10.3. The van der Waals surface area contributed by atoms with Crippen LogP contribution in [-0.4, -0.2) is 9.38 Å². The fraction of sp³-hybridized carbons (Fsp3) is 0.300. The molecule has 0 atom stereocenters. The molecule has 0 bridgehead atoms. The largest absolute Gasteiger partial charge is 0.326 e.